The van der Waals surface area contributed by atoms with E-state index in [1.165, 1.54) is 99.8 Å². The molecule has 0 radical (unpaired) electrons. The Morgan fingerprint density at radius 1 is 0.229 bits per heavy atom. The van der Waals surface area contributed by atoms with E-state index >= 15 is 0 Å². The number of benzene rings is 15. The summed E-state index contributed by atoms with van der Waals surface area (Å²) in [5.74, 6) is 3.45. The van der Waals surface area contributed by atoms with Crippen LogP contribution in [0.1, 0.15) is 124 Å². The molecule has 0 saturated carbocycles. The highest BCUT2D eigenvalue weighted by molar-refractivity contribution is 7.00. The average molecular weight is 1400 g/mol. The molecule has 0 aromatic heterocycles. The molecule has 2 spiro atoms. The molecular formula is C104H81BN2O2. The summed E-state index contributed by atoms with van der Waals surface area (Å²) in [6.45, 7) is 21.0. The minimum atomic E-state index is -0.608. The second kappa shape index (κ2) is 23.5. The number of hydrogen-bond acceptors (Lipinski definition) is 4. The van der Waals surface area contributed by atoms with Crippen LogP contribution in [-0.4, -0.2) is 6.71 Å². The van der Waals surface area contributed by atoms with Crippen LogP contribution in [0.5, 0.6) is 23.0 Å². The maximum atomic E-state index is 7.37. The van der Waals surface area contributed by atoms with Crippen LogP contribution >= 0.6 is 0 Å². The zero-order valence-electron chi connectivity index (χ0n) is 63.0. The van der Waals surface area contributed by atoms with Gasteiger partial charge in [0.15, 0.2) is 0 Å². The molecule has 4 heterocycles. The maximum Gasteiger partial charge on any atom is 0.252 e. The summed E-state index contributed by atoms with van der Waals surface area (Å²) in [6.07, 6.45) is 0. The van der Waals surface area contributed by atoms with Gasteiger partial charge in [0.25, 0.3) is 6.71 Å². The van der Waals surface area contributed by atoms with Crippen LogP contribution in [0.3, 0.4) is 0 Å². The van der Waals surface area contributed by atoms with Crippen molar-refractivity contribution in [3.8, 4) is 89.8 Å². The lowest BCUT2D eigenvalue weighted by atomic mass is 9.33. The van der Waals surface area contributed by atoms with Gasteiger partial charge in [0.05, 0.1) is 22.2 Å². The van der Waals surface area contributed by atoms with Gasteiger partial charge in [-0.2, -0.15) is 0 Å². The fourth-order valence-electron chi connectivity index (χ4n) is 19.5. The SMILES string of the molecule is CC(C)(C)c1ccc(N2c3ccc(-c4ccccc4)cc3B3c4cc(-c5ccccc5)ccc4N(c4ccc(C(C)(C)C)cc4-c4ccc5c(c4)Oc4ccccc4C54c5ccccc5-c5ccccc54)c4cc(C(C)(C)C)cc2c43)c(-c2ccc3c(c2)Oc2ccccc2C32c3ccccc3-c3ccccc32)c1. The van der Waals surface area contributed by atoms with E-state index in [1.807, 2.05) is 0 Å². The molecule has 6 aliphatic rings. The van der Waals surface area contributed by atoms with E-state index < -0.39 is 10.8 Å². The van der Waals surface area contributed by atoms with Gasteiger partial charge < -0.3 is 19.3 Å². The largest absolute Gasteiger partial charge is 0.457 e. The molecule has 21 rings (SSSR count). The zero-order chi connectivity index (χ0) is 73.6. The Labute approximate surface area is 640 Å². The number of ether oxygens (including phenoxy) is 2. The molecular weight excluding hydrogens is 1320 g/mol. The summed E-state index contributed by atoms with van der Waals surface area (Å²) >= 11 is 0. The van der Waals surface area contributed by atoms with E-state index in [9.17, 15) is 0 Å². The summed E-state index contributed by atoms with van der Waals surface area (Å²) < 4.78 is 14.7. The van der Waals surface area contributed by atoms with Crippen LogP contribution in [0.2, 0.25) is 0 Å². The zero-order valence-corrected chi connectivity index (χ0v) is 63.0. The van der Waals surface area contributed by atoms with Crippen LogP contribution in [0.25, 0.3) is 66.8 Å². The second-order valence-corrected chi connectivity index (χ2v) is 33.8. The molecule has 15 aromatic carbocycles. The molecule has 0 unspecified atom stereocenters. The van der Waals surface area contributed by atoms with E-state index in [4.69, 9.17) is 9.47 Å². The van der Waals surface area contributed by atoms with Gasteiger partial charge in [0.2, 0.25) is 0 Å². The van der Waals surface area contributed by atoms with Crippen LogP contribution in [-0.2, 0) is 27.1 Å². The predicted molar refractivity (Wildman–Crippen MR) is 453 cm³/mol. The number of hydrogen-bond donors (Lipinski definition) is 0. The smallest absolute Gasteiger partial charge is 0.252 e. The van der Waals surface area contributed by atoms with E-state index in [0.717, 1.165) is 102 Å². The lowest BCUT2D eigenvalue weighted by Crippen LogP contribution is -2.61. The first-order chi connectivity index (χ1) is 52.9. The van der Waals surface area contributed by atoms with E-state index in [-0.39, 0.29) is 23.0 Å². The van der Waals surface area contributed by atoms with Gasteiger partial charge in [-0.1, -0.05) is 317 Å². The summed E-state index contributed by atoms with van der Waals surface area (Å²) in [5, 5.41) is 0. The fourth-order valence-corrected chi connectivity index (χ4v) is 19.5. The lowest BCUT2D eigenvalue weighted by molar-refractivity contribution is 0.436. The third-order valence-corrected chi connectivity index (χ3v) is 24.7. The summed E-state index contributed by atoms with van der Waals surface area (Å²) in [4.78, 5) is 5.30. The van der Waals surface area contributed by atoms with Gasteiger partial charge in [-0.05, 0) is 200 Å². The normalized spacial score (nSPS) is 14.5. The summed E-state index contributed by atoms with van der Waals surface area (Å²) in [6, 6.07) is 124. The fraction of sp³-hybridized carbons (Fsp3) is 0.135. The average Bonchev–Trinajstić information content (AvgIpc) is 1.69. The molecule has 0 bridgehead atoms. The van der Waals surface area contributed by atoms with E-state index in [2.05, 4.69) is 400 Å². The van der Waals surface area contributed by atoms with Crippen LogP contribution < -0.4 is 35.7 Å². The Balaban J connectivity index is 0.830. The van der Waals surface area contributed by atoms with Crippen molar-refractivity contribution in [3.63, 3.8) is 0 Å². The molecule has 0 saturated heterocycles. The first kappa shape index (κ1) is 64.9. The third kappa shape index (κ3) is 9.45. The van der Waals surface area contributed by atoms with Crippen LogP contribution in [0, 0.1) is 0 Å². The highest BCUT2D eigenvalue weighted by atomic mass is 16.5. The standard InChI is InChI=1S/C104H81BN2O2/c1-100(2,3)70-48-54-89(77(60-70)68-44-50-85-97(58-68)108-95-42-26-24-40-83(95)103(85)79-36-20-16-32-73(79)74-33-17-21-37-80(74)103)106-91-52-46-66(64-28-12-10-13-29-64)56-87(91)105-88-57-67(65-30-14-11-15-31-65)47-53-92(88)107(94-63-72(102(7,8)9)62-93(106)99(94)105)90-55-49-71(101(4,5)6)61-78(90)69-45-51-86-98(59-69)109-96-43-27-25-41-84(96)104(86)81-38-22-18-34-75(81)76-35-19-23-39-82(76)104/h10-63H,1-9H3. The molecule has 0 atom stereocenters. The highest BCUT2D eigenvalue weighted by Gasteiger charge is 2.54. The maximum absolute atomic E-state index is 7.37. The van der Waals surface area contributed by atoms with Crippen molar-refractivity contribution in [2.24, 2.45) is 0 Å². The second-order valence-electron chi connectivity index (χ2n) is 33.8. The van der Waals surface area contributed by atoms with Crippen LogP contribution in [0.4, 0.5) is 34.1 Å². The van der Waals surface area contributed by atoms with Crippen LogP contribution in [0.15, 0.2) is 328 Å². The number of para-hydroxylation sites is 2. The van der Waals surface area contributed by atoms with Crippen molar-refractivity contribution in [1.82, 2.24) is 0 Å². The molecule has 4 aliphatic heterocycles. The van der Waals surface area contributed by atoms with E-state index in [0.29, 0.717) is 0 Å². The van der Waals surface area contributed by atoms with Crippen molar-refractivity contribution in [3.05, 3.63) is 389 Å². The predicted octanol–water partition coefficient (Wildman–Crippen LogP) is 25.3. The summed E-state index contributed by atoms with van der Waals surface area (Å²) in [7, 11) is 0. The van der Waals surface area contributed by atoms with E-state index in [1.54, 1.807) is 0 Å². The highest BCUT2D eigenvalue weighted by Crippen LogP contribution is 2.65. The van der Waals surface area contributed by atoms with Crippen molar-refractivity contribution < 1.29 is 9.47 Å². The number of fused-ring (bicyclic) bond motifs is 22. The minimum Gasteiger partial charge on any atom is -0.457 e. The third-order valence-electron chi connectivity index (χ3n) is 24.7. The van der Waals surface area contributed by atoms with Gasteiger partial charge in [0, 0.05) is 56.1 Å². The Kier molecular flexibility index (Phi) is 14.0. The lowest BCUT2D eigenvalue weighted by Gasteiger charge is -2.46. The molecule has 2 aliphatic carbocycles. The van der Waals surface area contributed by atoms with Gasteiger partial charge in [-0.3, -0.25) is 0 Å². The first-order valence-corrected chi connectivity index (χ1v) is 38.6. The van der Waals surface area contributed by atoms with Gasteiger partial charge in [0.1, 0.15) is 23.0 Å². The van der Waals surface area contributed by atoms with Crippen molar-refractivity contribution >= 4 is 57.2 Å². The molecule has 0 fully saturated rings. The quantitative estimate of drug-likeness (QED) is 0.155. The number of nitrogens with zero attached hydrogens (tertiary/aromatic N) is 2. The summed E-state index contributed by atoms with van der Waals surface area (Å²) in [5.41, 5.74) is 36.1. The molecule has 15 aromatic rings. The van der Waals surface area contributed by atoms with Crippen molar-refractivity contribution in [1.29, 1.82) is 0 Å². The Bertz CT molecular complexity index is 5880. The molecule has 0 N–H and O–H groups in total. The Morgan fingerprint density at radius 3 is 0.927 bits per heavy atom. The van der Waals surface area contributed by atoms with Gasteiger partial charge >= 0.3 is 0 Å². The Hall–Kier alpha value is -12.4. The molecule has 5 heteroatoms. The number of anilines is 6. The molecule has 109 heavy (non-hydrogen) atoms. The van der Waals surface area contributed by atoms with Gasteiger partial charge in [-0.25, -0.2) is 0 Å². The number of rotatable bonds is 6. The van der Waals surface area contributed by atoms with Gasteiger partial charge in [-0.15, -0.1) is 0 Å². The molecule has 522 valence electrons. The first-order valence-electron chi connectivity index (χ1n) is 38.6. The molecule has 4 nitrogen and oxygen atoms in total. The minimum absolute atomic E-state index is 0.191. The molecule has 0 amide bonds. The van der Waals surface area contributed by atoms with Crippen molar-refractivity contribution in [2.75, 3.05) is 9.80 Å². The van der Waals surface area contributed by atoms with Crippen molar-refractivity contribution in [2.45, 2.75) is 89.4 Å². The topological polar surface area (TPSA) is 24.9 Å². The Morgan fingerprint density at radius 2 is 0.550 bits per heavy atom. The monoisotopic (exact) mass is 1400 g/mol.